The molecule has 24 heavy (non-hydrogen) atoms. The number of hydrogen-bond donors (Lipinski definition) is 1. The highest BCUT2D eigenvalue weighted by molar-refractivity contribution is 6.30. The van der Waals surface area contributed by atoms with Gasteiger partial charge in [0.1, 0.15) is 12.3 Å². The minimum absolute atomic E-state index is 0.513. The second-order valence-corrected chi connectivity index (χ2v) is 6.10. The fraction of sp³-hybridized carbons (Fsp3) is 0.222. The van der Waals surface area contributed by atoms with Crippen LogP contribution in [0.25, 0.3) is 11.5 Å². The molecule has 5 nitrogen and oxygen atoms in total. The molecule has 0 spiro atoms. The minimum Gasteiger partial charge on any atom is -0.497 e. The quantitative estimate of drug-likeness (QED) is 0.747. The van der Waals surface area contributed by atoms with Crippen LogP contribution in [0.3, 0.4) is 0 Å². The number of benzene rings is 2. The molecule has 1 unspecified atom stereocenters. The van der Waals surface area contributed by atoms with Crippen molar-refractivity contribution in [2.24, 2.45) is 0 Å². The topological polar surface area (TPSA) is 52.6 Å². The maximum absolute atomic E-state index is 5.89. The first kappa shape index (κ1) is 16.5. The van der Waals surface area contributed by atoms with Crippen molar-refractivity contribution in [1.82, 2.24) is 10.2 Å². The number of methoxy groups -OCH3 is 1. The average Bonchev–Trinajstić information content (AvgIpc) is 3.04. The highest BCUT2D eigenvalue weighted by atomic mass is 35.5. The van der Waals surface area contributed by atoms with E-state index in [-0.39, 0.29) is 0 Å². The molecule has 0 saturated carbocycles. The number of aromatic nitrogens is 2. The zero-order valence-corrected chi connectivity index (χ0v) is 14.4. The number of nitrogens with one attached hydrogen (secondary N) is 1. The molecule has 0 fully saturated rings. The lowest BCUT2D eigenvalue weighted by Crippen LogP contribution is -3.06. The zero-order chi connectivity index (χ0) is 16.9. The Morgan fingerprint density at radius 2 is 1.71 bits per heavy atom. The van der Waals surface area contributed by atoms with E-state index in [0.29, 0.717) is 23.3 Å². The van der Waals surface area contributed by atoms with Crippen molar-refractivity contribution in [1.29, 1.82) is 0 Å². The lowest BCUT2D eigenvalue weighted by molar-refractivity contribution is -0.909. The molecule has 3 rings (SSSR count). The largest absolute Gasteiger partial charge is 0.497 e. The van der Waals surface area contributed by atoms with E-state index in [1.54, 1.807) is 7.11 Å². The molecule has 0 saturated heterocycles. The van der Waals surface area contributed by atoms with Gasteiger partial charge in [0.05, 0.1) is 14.2 Å². The van der Waals surface area contributed by atoms with Gasteiger partial charge in [-0.1, -0.05) is 11.6 Å². The Kier molecular flexibility index (Phi) is 5.13. The maximum Gasteiger partial charge on any atom is 0.271 e. The molecule has 0 amide bonds. The van der Waals surface area contributed by atoms with Gasteiger partial charge in [0, 0.05) is 16.1 Å². The first-order valence-electron chi connectivity index (χ1n) is 7.66. The summed E-state index contributed by atoms with van der Waals surface area (Å²) in [6.45, 7) is 1.52. The third-order valence-electron chi connectivity index (χ3n) is 3.68. The third kappa shape index (κ3) is 4.13. The molecule has 1 atom stereocenters. The van der Waals surface area contributed by atoms with Crippen molar-refractivity contribution in [2.75, 3.05) is 14.2 Å². The molecule has 0 aliphatic carbocycles. The Morgan fingerprint density at radius 1 is 1.00 bits per heavy atom. The molecule has 124 valence electrons. The molecule has 1 N–H and O–H groups in total. The molecular formula is C18H19ClN3O2+. The van der Waals surface area contributed by atoms with Crippen LogP contribution < -0.4 is 9.64 Å². The molecule has 0 aliphatic heterocycles. The van der Waals surface area contributed by atoms with Crippen molar-refractivity contribution in [2.45, 2.75) is 13.1 Å². The minimum atomic E-state index is 0.513. The second-order valence-electron chi connectivity index (χ2n) is 5.67. The van der Waals surface area contributed by atoms with Crippen LogP contribution in [0.2, 0.25) is 5.02 Å². The predicted molar refractivity (Wildman–Crippen MR) is 92.0 cm³/mol. The summed E-state index contributed by atoms with van der Waals surface area (Å²) in [5.41, 5.74) is 2.09. The summed E-state index contributed by atoms with van der Waals surface area (Å²) in [6.07, 6.45) is 0. The van der Waals surface area contributed by atoms with Crippen LogP contribution in [0, 0.1) is 0 Å². The summed E-state index contributed by atoms with van der Waals surface area (Å²) in [4.78, 5) is 1.26. The third-order valence-corrected chi connectivity index (χ3v) is 3.93. The van der Waals surface area contributed by atoms with E-state index in [1.165, 1.54) is 10.5 Å². The summed E-state index contributed by atoms with van der Waals surface area (Å²) >= 11 is 5.89. The molecule has 1 heterocycles. The molecule has 0 radical (unpaired) electrons. The van der Waals surface area contributed by atoms with Crippen LogP contribution in [0.5, 0.6) is 5.75 Å². The molecule has 2 aromatic carbocycles. The van der Waals surface area contributed by atoms with Crippen LogP contribution >= 0.6 is 11.6 Å². The molecule has 0 bridgehead atoms. The van der Waals surface area contributed by atoms with Crippen molar-refractivity contribution in [3.63, 3.8) is 0 Å². The van der Waals surface area contributed by atoms with Gasteiger partial charge in [-0.05, 0) is 48.5 Å². The first-order chi connectivity index (χ1) is 11.6. The average molecular weight is 345 g/mol. The standard InChI is InChI=1S/C18H18ClN3O2/c1-22(11-13-3-9-16(23-2)10-4-13)12-17-20-21-18(24-17)14-5-7-15(19)8-6-14/h3-10H,11-12H2,1-2H3/p+1. The van der Waals surface area contributed by atoms with E-state index < -0.39 is 0 Å². The van der Waals surface area contributed by atoms with Crippen LogP contribution in [-0.4, -0.2) is 24.4 Å². The van der Waals surface area contributed by atoms with Gasteiger partial charge in [-0.2, -0.15) is 0 Å². The van der Waals surface area contributed by atoms with Crippen molar-refractivity contribution in [3.8, 4) is 17.2 Å². The highest BCUT2D eigenvalue weighted by Crippen LogP contribution is 2.20. The zero-order valence-electron chi connectivity index (χ0n) is 13.6. The van der Waals surface area contributed by atoms with Gasteiger partial charge >= 0.3 is 0 Å². The Labute approximate surface area is 145 Å². The predicted octanol–water partition coefficient (Wildman–Crippen LogP) is 2.61. The van der Waals surface area contributed by atoms with Gasteiger partial charge in [0.15, 0.2) is 6.54 Å². The van der Waals surface area contributed by atoms with E-state index in [1.807, 2.05) is 36.4 Å². The van der Waals surface area contributed by atoms with E-state index in [2.05, 4.69) is 29.4 Å². The van der Waals surface area contributed by atoms with Crippen LogP contribution in [-0.2, 0) is 13.1 Å². The van der Waals surface area contributed by atoms with Gasteiger partial charge in [0.2, 0.25) is 5.89 Å². The van der Waals surface area contributed by atoms with Crippen LogP contribution in [0.4, 0.5) is 0 Å². The first-order valence-corrected chi connectivity index (χ1v) is 8.04. The van der Waals surface area contributed by atoms with Crippen molar-refractivity contribution >= 4 is 11.6 Å². The van der Waals surface area contributed by atoms with Gasteiger partial charge in [-0.15, -0.1) is 10.2 Å². The lowest BCUT2D eigenvalue weighted by Gasteiger charge is -2.12. The Morgan fingerprint density at radius 3 is 2.38 bits per heavy atom. The SMILES string of the molecule is COc1ccc(C[NH+](C)Cc2nnc(-c3ccc(Cl)cc3)o2)cc1. The van der Waals surface area contributed by atoms with Crippen LogP contribution in [0.1, 0.15) is 11.5 Å². The smallest absolute Gasteiger partial charge is 0.271 e. The normalized spacial score (nSPS) is 12.1. The summed E-state index contributed by atoms with van der Waals surface area (Å²) < 4.78 is 10.9. The van der Waals surface area contributed by atoms with Gasteiger partial charge < -0.3 is 14.1 Å². The van der Waals surface area contributed by atoms with E-state index in [0.717, 1.165) is 17.9 Å². The second kappa shape index (κ2) is 7.47. The Balaban J connectivity index is 1.62. The summed E-state index contributed by atoms with van der Waals surface area (Å²) in [5.74, 6) is 1.99. The Hall–Kier alpha value is -2.37. The summed E-state index contributed by atoms with van der Waals surface area (Å²) in [7, 11) is 3.76. The molecular weight excluding hydrogens is 326 g/mol. The fourth-order valence-corrected chi connectivity index (χ4v) is 2.57. The number of rotatable bonds is 6. The maximum atomic E-state index is 5.89. The number of ether oxygens (including phenoxy) is 1. The lowest BCUT2D eigenvalue weighted by atomic mass is 10.2. The summed E-state index contributed by atoms with van der Waals surface area (Å²) in [6, 6.07) is 15.4. The van der Waals surface area contributed by atoms with E-state index in [9.17, 15) is 0 Å². The molecule has 3 aromatic rings. The monoisotopic (exact) mass is 344 g/mol. The molecule has 6 heteroatoms. The van der Waals surface area contributed by atoms with Crippen molar-refractivity contribution < 1.29 is 14.1 Å². The fourth-order valence-electron chi connectivity index (χ4n) is 2.45. The van der Waals surface area contributed by atoms with E-state index in [4.69, 9.17) is 20.8 Å². The van der Waals surface area contributed by atoms with Gasteiger partial charge in [-0.25, -0.2) is 0 Å². The van der Waals surface area contributed by atoms with Crippen molar-refractivity contribution in [3.05, 3.63) is 65.0 Å². The summed E-state index contributed by atoms with van der Waals surface area (Å²) in [5, 5.41) is 8.93. The molecule has 0 aliphatic rings. The number of halogens is 1. The van der Waals surface area contributed by atoms with E-state index >= 15 is 0 Å². The van der Waals surface area contributed by atoms with Crippen LogP contribution in [0.15, 0.2) is 52.9 Å². The van der Waals surface area contributed by atoms with Gasteiger partial charge in [-0.3, -0.25) is 0 Å². The number of hydrogen-bond acceptors (Lipinski definition) is 4. The Bertz CT molecular complexity index is 785. The highest BCUT2D eigenvalue weighted by Gasteiger charge is 2.13. The number of nitrogens with zero attached hydrogens (tertiary/aromatic N) is 2. The van der Waals surface area contributed by atoms with Gasteiger partial charge in [0.25, 0.3) is 5.89 Å². The molecule has 1 aromatic heterocycles. The number of quaternary nitrogens is 1.